The number of carboxylic acids is 1. The Kier molecular flexibility index (Phi) is 4.59. The molecule has 0 aromatic heterocycles. The zero-order valence-corrected chi connectivity index (χ0v) is 12.7. The third kappa shape index (κ3) is 3.66. The van der Waals surface area contributed by atoms with Crippen LogP contribution in [0.3, 0.4) is 0 Å². The summed E-state index contributed by atoms with van der Waals surface area (Å²) in [6.07, 6.45) is 4.14. The van der Waals surface area contributed by atoms with Crippen LogP contribution in [0.4, 0.5) is 0 Å². The van der Waals surface area contributed by atoms with Crippen LogP contribution >= 0.6 is 11.6 Å². The number of halogens is 1. The van der Waals surface area contributed by atoms with E-state index < -0.39 is 11.4 Å². The van der Waals surface area contributed by atoms with Crippen molar-refractivity contribution < 1.29 is 14.6 Å². The molecule has 0 unspecified atom stereocenters. The standard InChI is InChI=1S/C16H21ClO3/c1-16(2,15(18)19)9-12-8-13(17)6-7-14(12)20-10-11-4-3-5-11/h6-8,11H,3-5,9-10H2,1-2H3,(H,18,19). The highest BCUT2D eigenvalue weighted by Crippen LogP contribution is 2.32. The highest BCUT2D eigenvalue weighted by Gasteiger charge is 2.29. The zero-order valence-electron chi connectivity index (χ0n) is 12.0. The van der Waals surface area contributed by atoms with Gasteiger partial charge in [-0.1, -0.05) is 18.0 Å². The predicted octanol–water partition coefficient (Wildman–Crippen LogP) is 4.17. The van der Waals surface area contributed by atoms with Crippen molar-refractivity contribution in [2.24, 2.45) is 11.3 Å². The van der Waals surface area contributed by atoms with Crippen molar-refractivity contribution in [2.75, 3.05) is 6.61 Å². The summed E-state index contributed by atoms with van der Waals surface area (Å²) in [6, 6.07) is 5.44. The highest BCUT2D eigenvalue weighted by atomic mass is 35.5. The molecule has 2 rings (SSSR count). The third-order valence-corrected chi connectivity index (χ3v) is 4.17. The van der Waals surface area contributed by atoms with Crippen LogP contribution in [0.2, 0.25) is 5.02 Å². The second-order valence-electron chi connectivity index (χ2n) is 6.23. The second kappa shape index (κ2) is 6.04. The SMILES string of the molecule is CC(C)(Cc1cc(Cl)ccc1OCC1CCC1)C(=O)O. The molecule has 110 valence electrons. The van der Waals surface area contributed by atoms with E-state index in [-0.39, 0.29) is 0 Å². The Labute approximate surface area is 124 Å². The first kappa shape index (κ1) is 15.2. The lowest BCUT2D eigenvalue weighted by molar-refractivity contribution is -0.146. The van der Waals surface area contributed by atoms with E-state index in [1.165, 1.54) is 19.3 Å². The number of ether oxygens (including phenoxy) is 1. The molecule has 3 nitrogen and oxygen atoms in total. The largest absolute Gasteiger partial charge is 0.493 e. The van der Waals surface area contributed by atoms with E-state index in [1.54, 1.807) is 19.9 Å². The minimum atomic E-state index is -0.834. The summed E-state index contributed by atoms with van der Waals surface area (Å²) in [5.41, 5.74) is 0.0310. The molecule has 20 heavy (non-hydrogen) atoms. The smallest absolute Gasteiger partial charge is 0.309 e. The van der Waals surface area contributed by atoms with E-state index in [2.05, 4.69) is 0 Å². The Hall–Kier alpha value is -1.22. The van der Waals surface area contributed by atoms with Gasteiger partial charge in [-0.15, -0.1) is 0 Å². The van der Waals surface area contributed by atoms with Crippen molar-refractivity contribution >= 4 is 17.6 Å². The van der Waals surface area contributed by atoms with Gasteiger partial charge in [0.2, 0.25) is 0 Å². The van der Waals surface area contributed by atoms with Crippen LogP contribution in [0.1, 0.15) is 38.7 Å². The summed E-state index contributed by atoms with van der Waals surface area (Å²) < 4.78 is 5.87. The Morgan fingerprint density at radius 1 is 1.45 bits per heavy atom. The number of aliphatic carboxylic acids is 1. The summed E-state index contributed by atoms with van der Waals surface area (Å²) in [5.74, 6) is 0.587. The topological polar surface area (TPSA) is 46.5 Å². The molecule has 1 N–H and O–H groups in total. The predicted molar refractivity (Wildman–Crippen MR) is 79.4 cm³/mol. The number of carboxylic acid groups (broad SMARTS) is 1. The fourth-order valence-corrected chi connectivity index (χ4v) is 2.44. The van der Waals surface area contributed by atoms with Gasteiger partial charge in [-0.3, -0.25) is 4.79 Å². The Morgan fingerprint density at radius 2 is 2.15 bits per heavy atom. The van der Waals surface area contributed by atoms with Crippen LogP contribution < -0.4 is 4.74 Å². The van der Waals surface area contributed by atoms with Crippen LogP contribution in [0.15, 0.2) is 18.2 Å². The van der Waals surface area contributed by atoms with Crippen LogP contribution in [0, 0.1) is 11.3 Å². The molecular weight excluding hydrogens is 276 g/mol. The van der Waals surface area contributed by atoms with Crippen LogP contribution in [0.25, 0.3) is 0 Å². The summed E-state index contributed by atoms with van der Waals surface area (Å²) >= 11 is 6.02. The normalized spacial score (nSPS) is 15.8. The third-order valence-electron chi connectivity index (χ3n) is 3.93. The number of hydrogen-bond acceptors (Lipinski definition) is 2. The van der Waals surface area contributed by atoms with Crippen molar-refractivity contribution in [2.45, 2.75) is 39.5 Å². The van der Waals surface area contributed by atoms with E-state index in [0.717, 1.165) is 11.3 Å². The molecule has 1 aliphatic carbocycles. The lowest BCUT2D eigenvalue weighted by Gasteiger charge is -2.26. The van der Waals surface area contributed by atoms with Gasteiger partial charge in [-0.25, -0.2) is 0 Å². The summed E-state index contributed by atoms with van der Waals surface area (Å²) in [7, 11) is 0. The first-order valence-corrected chi connectivity index (χ1v) is 7.41. The van der Waals surface area contributed by atoms with E-state index in [9.17, 15) is 9.90 Å². The minimum Gasteiger partial charge on any atom is -0.493 e. The van der Waals surface area contributed by atoms with Crippen molar-refractivity contribution in [3.8, 4) is 5.75 Å². The van der Waals surface area contributed by atoms with E-state index >= 15 is 0 Å². The van der Waals surface area contributed by atoms with E-state index in [0.29, 0.717) is 24.0 Å². The van der Waals surface area contributed by atoms with Crippen molar-refractivity contribution in [1.82, 2.24) is 0 Å². The number of rotatable bonds is 6. The molecule has 0 heterocycles. The molecular formula is C16H21ClO3. The summed E-state index contributed by atoms with van der Waals surface area (Å²) in [5, 5.41) is 9.86. The van der Waals surface area contributed by atoms with Crippen LogP contribution in [-0.2, 0) is 11.2 Å². The maximum Gasteiger partial charge on any atom is 0.309 e. The van der Waals surface area contributed by atoms with Gasteiger partial charge in [0.25, 0.3) is 0 Å². The summed E-state index contributed by atoms with van der Waals surface area (Å²) in [4.78, 5) is 11.3. The molecule has 0 atom stereocenters. The summed E-state index contributed by atoms with van der Waals surface area (Å²) in [6.45, 7) is 4.14. The quantitative estimate of drug-likeness (QED) is 0.857. The Morgan fingerprint density at radius 3 is 2.70 bits per heavy atom. The van der Waals surface area contributed by atoms with Gasteiger partial charge in [0, 0.05) is 5.02 Å². The molecule has 0 aliphatic heterocycles. The van der Waals surface area contributed by atoms with Gasteiger partial charge >= 0.3 is 5.97 Å². The maximum atomic E-state index is 11.3. The molecule has 1 aliphatic rings. The molecule has 1 aromatic rings. The maximum absolute atomic E-state index is 11.3. The fraction of sp³-hybridized carbons (Fsp3) is 0.562. The van der Waals surface area contributed by atoms with Gasteiger partial charge in [0.15, 0.2) is 0 Å². The first-order chi connectivity index (χ1) is 9.38. The van der Waals surface area contributed by atoms with Crippen LogP contribution in [0.5, 0.6) is 5.75 Å². The Balaban J connectivity index is 2.12. The molecule has 4 heteroatoms. The van der Waals surface area contributed by atoms with Gasteiger partial charge in [0.05, 0.1) is 12.0 Å². The van der Waals surface area contributed by atoms with E-state index in [1.807, 2.05) is 12.1 Å². The van der Waals surface area contributed by atoms with Crippen molar-refractivity contribution in [3.63, 3.8) is 0 Å². The number of hydrogen-bond donors (Lipinski definition) is 1. The number of benzene rings is 1. The monoisotopic (exact) mass is 296 g/mol. The van der Waals surface area contributed by atoms with Crippen molar-refractivity contribution in [1.29, 1.82) is 0 Å². The molecule has 1 fully saturated rings. The molecule has 1 saturated carbocycles. The van der Waals surface area contributed by atoms with Crippen molar-refractivity contribution in [3.05, 3.63) is 28.8 Å². The van der Waals surface area contributed by atoms with Crippen LogP contribution in [-0.4, -0.2) is 17.7 Å². The van der Waals surface area contributed by atoms with E-state index in [4.69, 9.17) is 16.3 Å². The fourth-order valence-electron chi connectivity index (χ4n) is 2.25. The average Bonchev–Trinajstić information content (AvgIpc) is 2.29. The lowest BCUT2D eigenvalue weighted by Crippen LogP contribution is -2.26. The molecule has 0 bridgehead atoms. The van der Waals surface area contributed by atoms with Gasteiger partial charge < -0.3 is 9.84 Å². The molecule has 1 aromatic carbocycles. The molecule has 0 amide bonds. The molecule has 0 radical (unpaired) electrons. The molecule has 0 spiro atoms. The van der Waals surface area contributed by atoms with Gasteiger partial charge in [-0.2, -0.15) is 0 Å². The average molecular weight is 297 g/mol. The second-order valence-corrected chi connectivity index (χ2v) is 6.66. The van der Waals surface area contributed by atoms with Gasteiger partial charge in [-0.05, 0) is 62.8 Å². The zero-order chi connectivity index (χ0) is 14.8. The number of carbonyl (C=O) groups is 1. The lowest BCUT2D eigenvalue weighted by atomic mass is 9.85. The first-order valence-electron chi connectivity index (χ1n) is 7.03. The molecule has 0 saturated heterocycles. The highest BCUT2D eigenvalue weighted by molar-refractivity contribution is 6.30. The minimum absolute atomic E-state index is 0.406. The van der Waals surface area contributed by atoms with Gasteiger partial charge in [0.1, 0.15) is 5.75 Å². The Bertz CT molecular complexity index is 492.